The second-order valence-corrected chi connectivity index (χ2v) is 7.96. The van der Waals surface area contributed by atoms with Crippen LogP contribution in [0.2, 0.25) is 0 Å². The molecular formula is C16H22N2O6S. The highest BCUT2D eigenvalue weighted by atomic mass is 32.2. The van der Waals surface area contributed by atoms with Gasteiger partial charge >= 0.3 is 11.8 Å². The second kappa shape index (κ2) is 8.30. The largest absolute Gasteiger partial charge is 0.497 e. The van der Waals surface area contributed by atoms with Crippen molar-refractivity contribution in [2.45, 2.75) is 12.5 Å². The van der Waals surface area contributed by atoms with Crippen LogP contribution in [0.1, 0.15) is 6.42 Å². The molecule has 1 aromatic rings. The number of hydrogen-bond donors (Lipinski definition) is 1. The van der Waals surface area contributed by atoms with Crippen LogP contribution in [-0.2, 0) is 24.2 Å². The standard InChI is InChI=1S/C16H22N2O6S/c1-23-8-7-18(13-6-9-25(21,22)11-13)16(20)15(19)17-12-4-3-5-14(10-12)24-2/h3-5,10,13H,6-9,11H2,1-2H3,(H,17,19). The Morgan fingerprint density at radius 3 is 2.68 bits per heavy atom. The van der Waals surface area contributed by atoms with Gasteiger partial charge in [0.2, 0.25) is 0 Å². The molecule has 1 aliphatic rings. The van der Waals surface area contributed by atoms with Gasteiger partial charge in [-0.15, -0.1) is 0 Å². The second-order valence-electron chi connectivity index (χ2n) is 5.73. The van der Waals surface area contributed by atoms with Crippen LogP contribution in [-0.4, -0.2) is 70.1 Å². The van der Waals surface area contributed by atoms with E-state index in [1.807, 2.05) is 0 Å². The number of carbonyl (C=O) groups is 2. The van der Waals surface area contributed by atoms with E-state index in [1.54, 1.807) is 24.3 Å². The Morgan fingerprint density at radius 1 is 1.32 bits per heavy atom. The van der Waals surface area contributed by atoms with Crippen molar-refractivity contribution in [1.82, 2.24) is 4.90 Å². The summed E-state index contributed by atoms with van der Waals surface area (Å²) in [5.74, 6) is -1.17. The van der Waals surface area contributed by atoms with E-state index in [4.69, 9.17) is 9.47 Å². The molecule has 1 saturated heterocycles. The minimum atomic E-state index is -3.18. The van der Waals surface area contributed by atoms with Crippen LogP contribution in [0, 0.1) is 0 Å². The molecule has 1 N–H and O–H groups in total. The van der Waals surface area contributed by atoms with Gasteiger partial charge in [0, 0.05) is 31.5 Å². The van der Waals surface area contributed by atoms with E-state index in [2.05, 4.69) is 5.32 Å². The SMILES string of the molecule is COCCN(C(=O)C(=O)Nc1cccc(OC)c1)C1CCS(=O)(=O)C1. The molecule has 0 aliphatic carbocycles. The number of nitrogens with zero attached hydrogens (tertiary/aromatic N) is 1. The summed E-state index contributed by atoms with van der Waals surface area (Å²) in [6.45, 7) is 0.371. The molecule has 1 heterocycles. The fraction of sp³-hybridized carbons (Fsp3) is 0.500. The molecule has 8 nitrogen and oxygen atoms in total. The van der Waals surface area contributed by atoms with Gasteiger partial charge in [0.15, 0.2) is 9.84 Å². The molecule has 0 bridgehead atoms. The summed E-state index contributed by atoms with van der Waals surface area (Å²) in [4.78, 5) is 26.1. The summed E-state index contributed by atoms with van der Waals surface area (Å²) < 4.78 is 33.4. The zero-order chi connectivity index (χ0) is 18.4. The Labute approximate surface area is 147 Å². The number of sulfone groups is 1. The first kappa shape index (κ1) is 19.2. The van der Waals surface area contributed by atoms with Crippen molar-refractivity contribution in [1.29, 1.82) is 0 Å². The molecule has 2 amide bonds. The average Bonchev–Trinajstić information content (AvgIpc) is 2.94. The number of ether oxygens (including phenoxy) is 2. The number of rotatable bonds is 6. The Hall–Kier alpha value is -2.13. The normalized spacial score (nSPS) is 18.6. The highest BCUT2D eigenvalue weighted by Crippen LogP contribution is 2.19. The van der Waals surface area contributed by atoms with Gasteiger partial charge < -0.3 is 19.7 Å². The van der Waals surface area contributed by atoms with Crippen molar-refractivity contribution >= 4 is 27.3 Å². The summed E-state index contributed by atoms with van der Waals surface area (Å²) in [7, 11) is -0.200. The molecule has 9 heteroatoms. The van der Waals surface area contributed by atoms with Crippen molar-refractivity contribution in [2.24, 2.45) is 0 Å². The van der Waals surface area contributed by atoms with Gasteiger partial charge in [0.1, 0.15) is 5.75 Å². The summed E-state index contributed by atoms with van der Waals surface area (Å²) >= 11 is 0. The molecule has 25 heavy (non-hydrogen) atoms. The predicted octanol–water partition coefficient (Wildman–Crippen LogP) is 0.296. The van der Waals surface area contributed by atoms with Crippen LogP contribution in [0.5, 0.6) is 5.75 Å². The molecule has 0 spiro atoms. The highest BCUT2D eigenvalue weighted by molar-refractivity contribution is 7.91. The van der Waals surface area contributed by atoms with Gasteiger partial charge in [0.25, 0.3) is 0 Å². The fourth-order valence-corrected chi connectivity index (χ4v) is 4.41. The molecule has 0 aromatic heterocycles. The van der Waals surface area contributed by atoms with Gasteiger partial charge in [-0.2, -0.15) is 0 Å². The van der Waals surface area contributed by atoms with Gasteiger partial charge in [0.05, 0.1) is 25.2 Å². The lowest BCUT2D eigenvalue weighted by molar-refractivity contribution is -0.144. The van der Waals surface area contributed by atoms with Gasteiger partial charge in [-0.25, -0.2) is 8.42 Å². The van der Waals surface area contributed by atoms with Gasteiger partial charge in [-0.1, -0.05) is 6.07 Å². The van der Waals surface area contributed by atoms with Crippen LogP contribution >= 0.6 is 0 Å². The first-order valence-corrected chi connectivity index (χ1v) is 9.64. The van der Waals surface area contributed by atoms with E-state index in [1.165, 1.54) is 19.1 Å². The third-order valence-electron chi connectivity index (χ3n) is 3.97. The number of methoxy groups -OCH3 is 2. The Morgan fingerprint density at radius 2 is 2.08 bits per heavy atom. The van der Waals surface area contributed by atoms with Crippen LogP contribution in [0.4, 0.5) is 5.69 Å². The molecule has 1 fully saturated rings. The molecular weight excluding hydrogens is 348 g/mol. The number of hydrogen-bond acceptors (Lipinski definition) is 6. The number of benzene rings is 1. The molecule has 2 rings (SSSR count). The summed E-state index contributed by atoms with van der Waals surface area (Å²) in [5, 5.41) is 2.52. The van der Waals surface area contributed by atoms with E-state index in [-0.39, 0.29) is 24.7 Å². The number of nitrogens with one attached hydrogen (secondary N) is 1. The Kier molecular flexibility index (Phi) is 6.38. The maximum atomic E-state index is 12.5. The Balaban J connectivity index is 2.10. The minimum absolute atomic E-state index is 0.0198. The van der Waals surface area contributed by atoms with Crippen LogP contribution in [0.3, 0.4) is 0 Å². The smallest absolute Gasteiger partial charge is 0.313 e. The molecule has 1 atom stereocenters. The van der Waals surface area contributed by atoms with E-state index < -0.39 is 27.7 Å². The molecule has 1 aliphatic heterocycles. The number of carbonyl (C=O) groups excluding carboxylic acids is 2. The first-order valence-electron chi connectivity index (χ1n) is 7.81. The zero-order valence-corrected chi connectivity index (χ0v) is 15.0. The maximum Gasteiger partial charge on any atom is 0.313 e. The summed E-state index contributed by atoms with van der Waals surface area (Å²) in [6, 6.07) is 6.11. The van der Waals surface area contributed by atoms with Crippen LogP contribution < -0.4 is 10.1 Å². The first-order chi connectivity index (χ1) is 11.9. The predicted molar refractivity (Wildman–Crippen MR) is 92.3 cm³/mol. The fourth-order valence-electron chi connectivity index (χ4n) is 2.68. The maximum absolute atomic E-state index is 12.5. The lowest BCUT2D eigenvalue weighted by Crippen LogP contribution is -2.47. The Bertz CT molecular complexity index is 734. The third-order valence-corrected chi connectivity index (χ3v) is 5.72. The quantitative estimate of drug-likeness (QED) is 0.723. The summed E-state index contributed by atoms with van der Waals surface area (Å²) in [5.41, 5.74) is 0.420. The van der Waals surface area contributed by atoms with E-state index in [0.717, 1.165) is 0 Å². The number of amides is 2. The third kappa shape index (κ3) is 5.17. The van der Waals surface area contributed by atoms with Gasteiger partial charge in [-0.05, 0) is 18.6 Å². The zero-order valence-electron chi connectivity index (χ0n) is 14.2. The summed E-state index contributed by atoms with van der Waals surface area (Å²) in [6.07, 6.45) is 0.324. The van der Waals surface area contributed by atoms with Crippen molar-refractivity contribution in [3.63, 3.8) is 0 Å². The molecule has 138 valence electrons. The van der Waals surface area contributed by atoms with Crippen molar-refractivity contribution in [2.75, 3.05) is 44.2 Å². The molecule has 0 saturated carbocycles. The van der Waals surface area contributed by atoms with Crippen molar-refractivity contribution < 1.29 is 27.5 Å². The molecule has 1 unspecified atom stereocenters. The topological polar surface area (TPSA) is 102 Å². The van der Waals surface area contributed by atoms with Gasteiger partial charge in [-0.3, -0.25) is 9.59 Å². The van der Waals surface area contributed by atoms with E-state index >= 15 is 0 Å². The molecule has 0 radical (unpaired) electrons. The highest BCUT2D eigenvalue weighted by Gasteiger charge is 2.36. The van der Waals surface area contributed by atoms with Crippen LogP contribution in [0.25, 0.3) is 0 Å². The minimum Gasteiger partial charge on any atom is -0.497 e. The number of anilines is 1. The lowest BCUT2D eigenvalue weighted by atomic mass is 10.2. The monoisotopic (exact) mass is 370 g/mol. The van der Waals surface area contributed by atoms with E-state index in [9.17, 15) is 18.0 Å². The van der Waals surface area contributed by atoms with Crippen LogP contribution in [0.15, 0.2) is 24.3 Å². The average molecular weight is 370 g/mol. The molecule has 1 aromatic carbocycles. The van der Waals surface area contributed by atoms with E-state index in [0.29, 0.717) is 17.9 Å². The van der Waals surface area contributed by atoms with Crippen molar-refractivity contribution in [3.8, 4) is 5.75 Å². The van der Waals surface area contributed by atoms with Crippen molar-refractivity contribution in [3.05, 3.63) is 24.3 Å². The lowest BCUT2D eigenvalue weighted by Gasteiger charge is -2.27.